The Morgan fingerprint density at radius 3 is 2.75 bits per heavy atom. The van der Waals surface area contributed by atoms with Gasteiger partial charge in [-0.3, -0.25) is 0 Å². The topological polar surface area (TPSA) is 53.3 Å². The number of hydrogen-bond acceptors (Lipinski definition) is 3. The highest BCUT2D eigenvalue weighted by Gasteiger charge is 2.31. The Hall–Kier alpha value is -1.50. The maximum atomic E-state index is 11.8. The minimum Gasteiger partial charge on any atom is -0.444 e. The van der Waals surface area contributed by atoms with Gasteiger partial charge in [0.2, 0.25) is 0 Å². The zero-order valence-corrected chi connectivity index (χ0v) is 10.3. The van der Waals surface area contributed by atoms with Gasteiger partial charge in [-0.05, 0) is 39.7 Å². The summed E-state index contributed by atoms with van der Waals surface area (Å²) in [7, 11) is 0. The molecule has 1 aliphatic rings. The van der Waals surface area contributed by atoms with Crippen molar-refractivity contribution >= 4 is 6.09 Å². The van der Waals surface area contributed by atoms with Crippen LogP contribution < -0.4 is 0 Å². The van der Waals surface area contributed by atoms with E-state index in [9.17, 15) is 4.79 Å². The van der Waals surface area contributed by atoms with Gasteiger partial charge in [0.05, 0.1) is 6.07 Å². The van der Waals surface area contributed by atoms with Crippen LogP contribution in [0.15, 0.2) is 11.6 Å². The lowest BCUT2D eigenvalue weighted by atomic mass is 10.2. The van der Waals surface area contributed by atoms with E-state index < -0.39 is 5.60 Å². The Kier molecular flexibility index (Phi) is 3.58. The molecule has 1 aliphatic heterocycles. The quantitative estimate of drug-likeness (QED) is 0.591. The van der Waals surface area contributed by atoms with Crippen LogP contribution in [0.4, 0.5) is 4.79 Å². The van der Waals surface area contributed by atoms with Crippen LogP contribution in [0, 0.1) is 11.3 Å². The number of carbonyl (C=O) groups excluding carboxylic acids is 1. The van der Waals surface area contributed by atoms with Gasteiger partial charge in [0.25, 0.3) is 0 Å². The first-order valence-corrected chi connectivity index (χ1v) is 5.40. The van der Waals surface area contributed by atoms with Crippen molar-refractivity contribution in [2.45, 2.75) is 45.8 Å². The Labute approximate surface area is 96.5 Å². The Balaban J connectivity index is 2.66. The highest BCUT2D eigenvalue weighted by molar-refractivity contribution is 5.69. The lowest BCUT2D eigenvalue weighted by Crippen LogP contribution is -2.38. The predicted molar refractivity (Wildman–Crippen MR) is 60.7 cm³/mol. The minimum absolute atomic E-state index is 0.106. The molecule has 0 radical (unpaired) electrons. The average Bonchev–Trinajstić information content (AvgIpc) is 2.44. The van der Waals surface area contributed by atoms with Gasteiger partial charge in [0, 0.05) is 18.7 Å². The van der Waals surface area contributed by atoms with E-state index in [-0.39, 0.29) is 12.1 Å². The molecule has 1 fully saturated rings. The molecule has 0 aliphatic carbocycles. The highest BCUT2D eigenvalue weighted by atomic mass is 16.6. The van der Waals surface area contributed by atoms with Crippen molar-refractivity contribution in [3.63, 3.8) is 0 Å². The zero-order chi connectivity index (χ0) is 12.3. The maximum Gasteiger partial charge on any atom is 0.410 e. The smallest absolute Gasteiger partial charge is 0.410 e. The summed E-state index contributed by atoms with van der Waals surface area (Å²) in [5.74, 6) is 0. The van der Waals surface area contributed by atoms with Crippen molar-refractivity contribution in [1.82, 2.24) is 4.90 Å². The molecule has 0 saturated carbocycles. The molecule has 16 heavy (non-hydrogen) atoms. The minimum atomic E-state index is -0.474. The van der Waals surface area contributed by atoms with Crippen LogP contribution in [-0.4, -0.2) is 29.2 Å². The lowest BCUT2D eigenvalue weighted by Gasteiger charge is -2.26. The Morgan fingerprint density at radius 2 is 2.25 bits per heavy atom. The van der Waals surface area contributed by atoms with Crippen LogP contribution in [0.25, 0.3) is 0 Å². The van der Waals surface area contributed by atoms with E-state index in [1.165, 1.54) is 6.08 Å². The van der Waals surface area contributed by atoms with Gasteiger partial charge in [-0.15, -0.1) is 0 Å². The number of allylic oxidation sites excluding steroid dienone is 1. The second-order valence-corrected chi connectivity index (χ2v) is 5.09. The molecule has 88 valence electrons. The summed E-state index contributed by atoms with van der Waals surface area (Å²) in [6.07, 6.45) is 1.97. The standard InChI is InChI=1S/C12H18N2O2/c1-9-7-10(5-6-13)8-14(9)11(15)16-12(2,3)4/h5,9H,7-8H2,1-4H3/t9-/m0/s1. The molecule has 1 atom stereocenters. The summed E-state index contributed by atoms with van der Waals surface area (Å²) < 4.78 is 5.30. The van der Waals surface area contributed by atoms with E-state index >= 15 is 0 Å². The maximum absolute atomic E-state index is 11.8. The second kappa shape index (κ2) is 4.56. The van der Waals surface area contributed by atoms with Crippen LogP contribution in [0.5, 0.6) is 0 Å². The molecule has 1 rings (SSSR count). The van der Waals surface area contributed by atoms with Crippen molar-refractivity contribution in [2.75, 3.05) is 6.54 Å². The summed E-state index contributed by atoms with van der Waals surface area (Å²) in [4.78, 5) is 13.5. The van der Waals surface area contributed by atoms with E-state index in [2.05, 4.69) is 0 Å². The molecule has 0 bridgehead atoms. The fourth-order valence-corrected chi connectivity index (χ4v) is 1.69. The van der Waals surface area contributed by atoms with E-state index in [1.807, 2.05) is 33.8 Å². The molecule has 4 nitrogen and oxygen atoms in total. The van der Waals surface area contributed by atoms with Gasteiger partial charge >= 0.3 is 6.09 Å². The van der Waals surface area contributed by atoms with Crippen molar-refractivity contribution < 1.29 is 9.53 Å². The van der Waals surface area contributed by atoms with Crippen LogP contribution in [0.3, 0.4) is 0 Å². The first-order valence-electron chi connectivity index (χ1n) is 5.40. The monoisotopic (exact) mass is 222 g/mol. The van der Waals surface area contributed by atoms with Crippen molar-refractivity contribution in [1.29, 1.82) is 5.26 Å². The fraction of sp³-hybridized carbons (Fsp3) is 0.667. The first kappa shape index (κ1) is 12.6. The number of nitrogens with zero attached hydrogens (tertiary/aromatic N) is 2. The highest BCUT2D eigenvalue weighted by Crippen LogP contribution is 2.24. The summed E-state index contributed by atoms with van der Waals surface area (Å²) >= 11 is 0. The van der Waals surface area contributed by atoms with Gasteiger partial charge in [0.1, 0.15) is 5.60 Å². The Morgan fingerprint density at radius 1 is 1.62 bits per heavy atom. The number of rotatable bonds is 0. The SMILES string of the molecule is C[C@H]1CC(=CC#N)CN1C(=O)OC(C)(C)C. The molecule has 0 spiro atoms. The summed E-state index contributed by atoms with van der Waals surface area (Å²) in [6.45, 7) is 8.00. The Bertz CT molecular complexity index is 347. The molecule has 0 aromatic rings. The van der Waals surface area contributed by atoms with Crippen LogP contribution in [0.2, 0.25) is 0 Å². The lowest BCUT2D eigenvalue weighted by molar-refractivity contribution is 0.0242. The number of hydrogen-bond donors (Lipinski definition) is 0. The van der Waals surface area contributed by atoms with Gasteiger partial charge in [-0.1, -0.05) is 0 Å². The number of ether oxygens (including phenoxy) is 1. The first-order chi connectivity index (χ1) is 7.33. The molecule has 0 aromatic heterocycles. The largest absolute Gasteiger partial charge is 0.444 e. The molecule has 0 unspecified atom stereocenters. The van der Waals surface area contributed by atoms with E-state index in [4.69, 9.17) is 10.00 Å². The average molecular weight is 222 g/mol. The number of nitriles is 1. The van der Waals surface area contributed by atoms with E-state index in [0.717, 1.165) is 12.0 Å². The third kappa shape index (κ3) is 3.27. The molecular formula is C12H18N2O2. The van der Waals surface area contributed by atoms with Crippen molar-refractivity contribution in [3.8, 4) is 6.07 Å². The molecule has 4 heteroatoms. The van der Waals surface area contributed by atoms with Gasteiger partial charge in [-0.25, -0.2) is 4.79 Å². The molecule has 0 N–H and O–H groups in total. The van der Waals surface area contributed by atoms with Crippen molar-refractivity contribution in [3.05, 3.63) is 11.6 Å². The third-order valence-electron chi connectivity index (χ3n) is 2.36. The number of likely N-dealkylation sites (tertiary alicyclic amines) is 1. The van der Waals surface area contributed by atoms with E-state index in [1.54, 1.807) is 4.90 Å². The van der Waals surface area contributed by atoms with Gasteiger partial charge < -0.3 is 9.64 Å². The van der Waals surface area contributed by atoms with Crippen LogP contribution in [0.1, 0.15) is 34.1 Å². The van der Waals surface area contributed by atoms with Crippen molar-refractivity contribution in [2.24, 2.45) is 0 Å². The molecular weight excluding hydrogens is 204 g/mol. The third-order valence-corrected chi connectivity index (χ3v) is 2.36. The molecule has 1 saturated heterocycles. The van der Waals surface area contributed by atoms with Crippen LogP contribution in [-0.2, 0) is 4.74 Å². The van der Waals surface area contributed by atoms with Gasteiger partial charge in [0.15, 0.2) is 0 Å². The predicted octanol–water partition coefficient (Wildman–Crippen LogP) is 2.47. The van der Waals surface area contributed by atoms with Gasteiger partial charge in [-0.2, -0.15) is 5.26 Å². The molecule has 0 aromatic carbocycles. The second-order valence-electron chi connectivity index (χ2n) is 5.09. The van der Waals surface area contributed by atoms with E-state index in [0.29, 0.717) is 6.54 Å². The molecule has 1 heterocycles. The van der Waals surface area contributed by atoms with Crippen LogP contribution >= 0.6 is 0 Å². The summed E-state index contributed by atoms with van der Waals surface area (Å²) in [5, 5.41) is 8.56. The normalized spacial score (nSPS) is 23.3. The fourth-order valence-electron chi connectivity index (χ4n) is 1.69. The summed E-state index contributed by atoms with van der Waals surface area (Å²) in [5.41, 5.74) is 0.513. The zero-order valence-electron chi connectivity index (χ0n) is 10.3. The molecule has 1 amide bonds. The number of amides is 1. The number of carbonyl (C=O) groups is 1. The summed E-state index contributed by atoms with van der Waals surface area (Å²) in [6, 6.07) is 2.10.